The minimum absolute atomic E-state index is 0.0461. The monoisotopic (exact) mass is 434 g/mol. The van der Waals surface area contributed by atoms with Crippen molar-refractivity contribution in [3.63, 3.8) is 0 Å². The Morgan fingerprint density at radius 2 is 1.59 bits per heavy atom. The van der Waals surface area contributed by atoms with Crippen LogP contribution in [0.3, 0.4) is 0 Å². The average molecular weight is 434 g/mol. The molecule has 0 spiro atoms. The molecule has 1 saturated heterocycles. The van der Waals surface area contributed by atoms with E-state index in [9.17, 15) is 23.5 Å². The molecule has 2 amide bonds. The fourth-order valence-electron chi connectivity index (χ4n) is 4.88. The van der Waals surface area contributed by atoms with Gasteiger partial charge in [-0.05, 0) is 48.0 Å². The average Bonchev–Trinajstić information content (AvgIpc) is 2.79. The summed E-state index contributed by atoms with van der Waals surface area (Å²) in [5.74, 6) is -2.06. The van der Waals surface area contributed by atoms with Crippen LogP contribution in [0.5, 0.6) is 0 Å². The van der Waals surface area contributed by atoms with Crippen LogP contribution >= 0.6 is 0 Å². The van der Waals surface area contributed by atoms with Crippen LogP contribution in [0.1, 0.15) is 32.2 Å². The van der Waals surface area contributed by atoms with Crippen LogP contribution in [-0.4, -0.2) is 47.1 Å². The SMILES string of the molecule is O=C(c1ccccc1F)N1C[C@@H]2[C@H](c3ccccc31)[C@@H](CO)N2C(=O)c1ccc(F)cc1. The second-order valence-corrected chi connectivity index (χ2v) is 8.02. The molecular formula is C25H20F2N2O3. The zero-order chi connectivity index (χ0) is 22.4. The molecule has 2 aliphatic rings. The van der Waals surface area contributed by atoms with Gasteiger partial charge in [0.1, 0.15) is 11.6 Å². The van der Waals surface area contributed by atoms with Gasteiger partial charge in [-0.3, -0.25) is 9.59 Å². The van der Waals surface area contributed by atoms with E-state index < -0.39 is 29.6 Å². The minimum Gasteiger partial charge on any atom is -0.394 e. The van der Waals surface area contributed by atoms with Crippen LogP contribution < -0.4 is 4.90 Å². The largest absolute Gasteiger partial charge is 0.394 e. The van der Waals surface area contributed by atoms with Gasteiger partial charge in [0.2, 0.25) is 0 Å². The number of fused-ring (bicyclic) bond motifs is 3. The molecule has 1 N–H and O–H groups in total. The predicted molar refractivity (Wildman–Crippen MR) is 114 cm³/mol. The standard InChI is InChI=1S/C25H20F2N2O3/c26-16-11-9-15(10-12-16)24(31)29-21-13-28(25(32)17-5-1-3-7-19(17)27)20-8-4-2-6-18(20)23(21)22(29)14-30/h1-12,21-23,30H,13-14H2/t21-,22-,23+/m1/s1. The van der Waals surface area contributed by atoms with Gasteiger partial charge in [-0.15, -0.1) is 0 Å². The number of amides is 2. The lowest BCUT2D eigenvalue weighted by Gasteiger charge is -2.58. The Morgan fingerprint density at radius 1 is 0.906 bits per heavy atom. The van der Waals surface area contributed by atoms with Crippen LogP contribution in [0.25, 0.3) is 0 Å². The van der Waals surface area contributed by atoms with E-state index in [0.29, 0.717) is 11.3 Å². The number of carbonyl (C=O) groups excluding carboxylic acids is 2. The van der Waals surface area contributed by atoms with E-state index >= 15 is 0 Å². The van der Waals surface area contributed by atoms with Crippen LogP contribution in [0.2, 0.25) is 0 Å². The molecular weight excluding hydrogens is 414 g/mol. The van der Waals surface area contributed by atoms with Crippen molar-refractivity contribution in [1.82, 2.24) is 4.90 Å². The molecule has 7 heteroatoms. The number of nitrogens with zero attached hydrogens (tertiary/aromatic N) is 2. The van der Waals surface area contributed by atoms with E-state index in [4.69, 9.17) is 0 Å². The van der Waals surface area contributed by atoms with Crippen LogP contribution in [0.4, 0.5) is 14.5 Å². The molecule has 3 aromatic rings. The number of aliphatic hydroxyl groups excluding tert-OH is 1. The van der Waals surface area contributed by atoms with E-state index in [0.717, 1.165) is 5.56 Å². The lowest BCUT2D eigenvalue weighted by Crippen LogP contribution is -2.70. The van der Waals surface area contributed by atoms with Gasteiger partial charge in [-0.2, -0.15) is 0 Å². The third kappa shape index (κ3) is 3.08. The topological polar surface area (TPSA) is 60.9 Å². The quantitative estimate of drug-likeness (QED) is 0.685. The Labute approximate surface area is 183 Å². The highest BCUT2D eigenvalue weighted by atomic mass is 19.1. The zero-order valence-corrected chi connectivity index (χ0v) is 17.0. The summed E-state index contributed by atoms with van der Waals surface area (Å²) in [5, 5.41) is 10.1. The van der Waals surface area contributed by atoms with Crippen molar-refractivity contribution in [2.45, 2.75) is 18.0 Å². The molecule has 2 heterocycles. The highest BCUT2D eigenvalue weighted by Gasteiger charge is 2.55. The number of hydrogen-bond acceptors (Lipinski definition) is 3. The fourth-order valence-corrected chi connectivity index (χ4v) is 4.88. The molecule has 0 unspecified atom stereocenters. The van der Waals surface area contributed by atoms with E-state index in [1.54, 1.807) is 23.1 Å². The molecule has 1 fully saturated rings. The van der Waals surface area contributed by atoms with E-state index in [1.807, 2.05) is 12.1 Å². The summed E-state index contributed by atoms with van der Waals surface area (Å²) in [6, 6.07) is 17.5. The first-order valence-corrected chi connectivity index (χ1v) is 10.4. The summed E-state index contributed by atoms with van der Waals surface area (Å²) in [6.07, 6.45) is 0. The molecule has 5 nitrogen and oxygen atoms in total. The molecule has 3 atom stereocenters. The van der Waals surface area contributed by atoms with Crippen molar-refractivity contribution in [2.24, 2.45) is 0 Å². The summed E-state index contributed by atoms with van der Waals surface area (Å²) in [4.78, 5) is 29.5. The van der Waals surface area contributed by atoms with E-state index in [1.165, 1.54) is 47.4 Å². The molecule has 2 aliphatic heterocycles. The lowest BCUT2D eigenvalue weighted by atomic mass is 9.71. The second-order valence-electron chi connectivity index (χ2n) is 8.02. The normalized spacial score (nSPS) is 21.4. The number of rotatable bonds is 3. The van der Waals surface area contributed by atoms with Gasteiger partial charge < -0.3 is 14.9 Å². The number of halogens is 2. The van der Waals surface area contributed by atoms with Gasteiger partial charge in [0.05, 0.1) is 24.3 Å². The molecule has 0 aromatic heterocycles. The van der Waals surface area contributed by atoms with Gasteiger partial charge in [-0.1, -0.05) is 30.3 Å². The Kier molecular flexibility index (Phi) is 4.98. The molecule has 162 valence electrons. The van der Waals surface area contributed by atoms with Crippen LogP contribution in [-0.2, 0) is 0 Å². The van der Waals surface area contributed by atoms with Crippen molar-refractivity contribution < 1.29 is 23.5 Å². The molecule has 32 heavy (non-hydrogen) atoms. The van der Waals surface area contributed by atoms with Gasteiger partial charge in [0.15, 0.2) is 0 Å². The molecule has 5 rings (SSSR count). The Bertz CT molecular complexity index is 1200. The van der Waals surface area contributed by atoms with Gasteiger partial charge in [0, 0.05) is 23.7 Å². The number of anilines is 1. The van der Waals surface area contributed by atoms with Gasteiger partial charge in [-0.25, -0.2) is 8.78 Å². The number of benzene rings is 3. The first-order valence-electron chi connectivity index (χ1n) is 10.4. The van der Waals surface area contributed by atoms with Crippen molar-refractivity contribution in [3.8, 4) is 0 Å². The maximum atomic E-state index is 14.4. The third-order valence-corrected chi connectivity index (χ3v) is 6.36. The number of likely N-dealkylation sites (tertiary alicyclic amines) is 1. The molecule has 3 aromatic carbocycles. The van der Waals surface area contributed by atoms with Crippen molar-refractivity contribution in [3.05, 3.63) is 101 Å². The number of para-hydroxylation sites is 1. The van der Waals surface area contributed by atoms with Crippen LogP contribution in [0.15, 0.2) is 72.8 Å². The number of carbonyl (C=O) groups is 2. The maximum absolute atomic E-state index is 14.4. The molecule has 0 radical (unpaired) electrons. The molecule has 0 saturated carbocycles. The number of aliphatic hydroxyl groups is 1. The molecule has 0 aliphatic carbocycles. The Balaban J connectivity index is 1.54. The van der Waals surface area contributed by atoms with E-state index in [2.05, 4.69) is 0 Å². The highest BCUT2D eigenvalue weighted by Crippen LogP contribution is 2.48. The van der Waals surface area contributed by atoms with Crippen LogP contribution in [0, 0.1) is 11.6 Å². The van der Waals surface area contributed by atoms with Gasteiger partial charge >= 0.3 is 0 Å². The van der Waals surface area contributed by atoms with Crippen molar-refractivity contribution in [2.75, 3.05) is 18.1 Å². The minimum atomic E-state index is -0.613. The summed E-state index contributed by atoms with van der Waals surface area (Å²) in [6.45, 7) is -0.0814. The number of hydrogen-bond donors (Lipinski definition) is 1. The Hall–Kier alpha value is -3.58. The summed E-state index contributed by atoms with van der Waals surface area (Å²) < 4.78 is 27.7. The smallest absolute Gasteiger partial charge is 0.261 e. The van der Waals surface area contributed by atoms with Gasteiger partial charge in [0.25, 0.3) is 11.8 Å². The predicted octanol–water partition coefficient (Wildman–Crippen LogP) is 3.59. The first-order chi connectivity index (χ1) is 15.5. The molecule has 0 bridgehead atoms. The first kappa shape index (κ1) is 20.3. The zero-order valence-electron chi connectivity index (χ0n) is 17.0. The maximum Gasteiger partial charge on any atom is 0.261 e. The lowest BCUT2D eigenvalue weighted by molar-refractivity contribution is -0.0246. The fraction of sp³-hybridized carbons (Fsp3) is 0.200. The third-order valence-electron chi connectivity index (χ3n) is 6.36. The van der Waals surface area contributed by atoms with E-state index in [-0.39, 0.29) is 30.5 Å². The summed E-state index contributed by atoms with van der Waals surface area (Å²) in [5.41, 5.74) is 1.73. The summed E-state index contributed by atoms with van der Waals surface area (Å²) in [7, 11) is 0. The summed E-state index contributed by atoms with van der Waals surface area (Å²) >= 11 is 0. The van der Waals surface area contributed by atoms with Crippen molar-refractivity contribution >= 4 is 17.5 Å². The second kappa shape index (κ2) is 7.84. The Morgan fingerprint density at radius 3 is 2.31 bits per heavy atom. The van der Waals surface area contributed by atoms with Crippen molar-refractivity contribution in [1.29, 1.82) is 0 Å². The highest BCUT2D eigenvalue weighted by molar-refractivity contribution is 6.07.